The molecule has 3 saturated carbocycles. The maximum absolute atomic E-state index is 12.2. The van der Waals surface area contributed by atoms with Crippen molar-refractivity contribution >= 4 is 27.8 Å². The SMILES string of the molecule is O=C1/C(=C/c2ccc(Br)cc2)C2CCC1CC2. The molecule has 0 spiro atoms. The van der Waals surface area contributed by atoms with Crippen LogP contribution >= 0.6 is 15.9 Å². The summed E-state index contributed by atoms with van der Waals surface area (Å²) in [6, 6.07) is 8.18. The number of hydrogen-bond acceptors (Lipinski definition) is 1. The molecule has 4 rings (SSSR count). The summed E-state index contributed by atoms with van der Waals surface area (Å²) in [5.74, 6) is 1.26. The van der Waals surface area contributed by atoms with Crippen LogP contribution in [0, 0.1) is 11.8 Å². The number of rotatable bonds is 1. The maximum Gasteiger partial charge on any atom is 0.162 e. The van der Waals surface area contributed by atoms with Gasteiger partial charge in [-0.1, -0.05) is 28.1 Å². The average Bonchev–Trinajstić information content (AvgIpc) is 2.37. The normalized spacial score (nSPS) is 29.9. The fourth-order valence-corrected chi connectivity index (χ4v) is 3.30. The van der Waals surface area contributed by atoms with Gasteiger partial charge in [0.2, 0.25) is 0 Å². The predicted octanol–water partition coefficient (Wildman–Crippen LogP) is 4.22. The molecule has 1 nitrogen and oxygen atoms in total. The lowest BCUT2D eigenvalue weighted by Crippen LogP contribution is -2.33. The molecule has 2 bridgehead atoms. The Bertz CT molecular complexity index is 464. The summed E-state index contributed by atoms with van der Waals surface area (Å²) in [5.41, 5.74) is 2.22. The van der Waals surface area contributed by atoms with Crippen LogP contribution in [0.3, 0.4) is 0 Å². The van der Waals surface area contributed by atoms with Crippen molar-refractivity contribution in [1.29, 1.82) is 0 Å². The second-order valence-electron chi connectivity index (χ2n) is 5.06. The van der Waals surface area contributed by atoms with Crippen LogP contribution in [-0.4, -0.2) is 5.78 Å². The summed E-state index contributed by atoms with van der Waals surface area (Å²) in [6.45, 7) is 0. The van der Waals surface area contributed by atoms with Crippen molar-refractivity contribution in [2.45, 2.75) is 25.7 Å². The molecular weight excluding hydrogens is 276 g/mol. The van der Waals surface area contributed by atoms with Crippen molar-refractivity contribution in [2.24, 2.45) is 11.8 Å². The van der Waals surface area contributed by atoms with Gasteiger partial charge in [0.25, 0.3) is 0 Å². The number of Topliss-reactive ketones (excluding diaryl/α,β-unsaturated/α-hetero) is 1. The molecule has 2 heteroatoms. The molecule has 0 amide bonds. The van der Waals surface area contributed by atoms with Gasteiger partial charge in [0.1, 0.15) is 0 Å². The Hall–Kier alpha value is -0.890. The van der Waals surface area contributed by atoms with E-state index in [1.54, 1.807) is 0 Å². The van der Waals surface area contributed by atoms with Gasteiger partial charge in [-0.05, 0) is 60.9 Å². The highest BCUT2D eigenvalue weighted by molar-refractivity contribution is 9.10. The zero-order valence-corrected chi connectivity index (χ0v) is 11.2. The topological polar surface area (TPSA) is 17.1 Å². The summed E-state index contributed by atoms with van der Waals surface area (Å²) in [7, 11) is 0. The van der Waals surface area contributed by atoms with Crippen molar-refractivity contribution in [3.63, 3.8) is 0 Å². The first kappa shape index (κ1) is 11.2. The van der Waals surface area contributed by atoms with Gasteiger partial charge in [0, 0.05) is 10.4 Å². The van der Waals surface area contributed by atoms with Crippen LogP contribution in [0.5, 0.6) is 0 Å². The molecule has 0 radical (unpaired) electrons. The summed E-state index contributed by atoms with van der Waals surface area (Å²) in [4.78, 5) is 12.2. The highest BCUT2D eigenvalue weighted by Gasteiger charge is 2.37. The summed E-state index contributed by atoms with van der Waals surface area (Å²) in [6.07, 6.45) is 6.74. The molecule has 0 unspecified atom stereocenters. The smallest absolute Gasteiger partial charge is 0.162 e. The van der Waals surface area contributed by atoms with Gasteiger partial charge in [-0.15, -0.1) is 0 Å². The van der Waals surface area contributed by atoms with Crippen LogP contribution in [-0.2, 0) is 4.79 Å². The third-order valence-electron chi connectivity index (χ3n) is 4.01. The minimum Gasteiger partial charge on any atom is -0.294 e. The standard InChI is InChI=1S/C15H15BrO/c16-13-7-1-10(2-8-13)9-14-11-3-5-12(6-4-11)15(14)17/h1-2,7-9,11-12H,3-6H2/b14-9+. The number of halogens is 1. The summed E-state index contributed by atoms with van der Waals surface area (Å²) in [5, 5.41) is 0. The zero-order chi connectivity index (χ0) is 11.8. The Morgan fingerprint density at radius 1 is 1.00 bits per heavy atom. The van der Waals surface area contributed by atoms with Crippen molar-refractivity contribution in [3.05, 3.63) is 39.9 Å². The first-order chi connectivity index (χ1) is 8.24. The van der Waals surface area contributed by atoms with Gasteiger partial charge in [-0.2, -0.15) is 0 Å². The lowest BCUT2D eigenvalue weighted by Gasteiger charge is -2.36. The molecule has 3 aliphatic rings. The number of benzene rings is 1. The first-order valence-corrected chi connectivity index (χ1v) is 7.05. The minimum absolute atomic E-state index is 0.321. The number of hydrogen-bond donors (Lipinski definition) is 0. The van der Waals surface area contributed by atoms with Gasteiger partial charge in [0.05, 0.1) is 0 Å². The van der Waals surface area contributed by atoms with Gasteiger partial charge in [-0.25, -0.2) is 0 Å². The van der Waals surface area contributed by atoms with E-state index < -0.39 is 0 Å². The highest BCUT2D eigenvalue weighted by Crippen LogP contribution is 2.42. The van der Waals surface area contributed by atoms with E-state index in [2.05, 4.69) is 34.1 Å². The Morgan fingerprint density at radius 3 is 2.18 bits per heavy atom. The third-order valence-corrected chi connectivity index (χ3v) is 4.54. The molecule has 3 aliphatic carbocycles. The van der Waals surface area contributed by atoms with Crippen LogP contribution in [0.25, 0.3) is 6.08 Å². The van der Waals surface area contributed by atoms with E-state index in [-0.39, 0.29) is 0 Å². The second-order valence-corrected chi connectivity index (χ2v) is 5.98. The molecule has 0 saturated heterocycles. The number of ketones is 1. The van der Waals surface area contributed by atoms with Crippen molar-refractivity contribution < 1.29 is 4.79 Å². The zero-order valence-electron chi connectivity index (χ0n) is 9.66. The largest absolute Gasteiger partial charge is 0.294 e. The number of fused-ring (bicyclic) bond motifs is 3. The monoisotopic (exact) mass is 290 g/mol. The average molecular weight is 291 g/mol. The van der Waals surface area contributed by atoms with E-state index in [0.717, 1.165) is 28.5 Å². The van der Waals surface area contributed by atoms with Gasteiger partial charge in [0.15, 0.2) is 5.78 Å². The molecule has 0 atom stereocenters. The Kier molecular flexibility index (Phi) is 2.91. The molecule has 17 heavy (non-hydrogen) atoms. The highest BCUT2D eigenvalue weighted by atomic mass is 79.9. The Labute approximate surface area is 110 Å². The molecule has 0 aliphatic heterocycles. The predicted molar refractivity (Wildman–Crippen MR) is 72.6 cm³/mol. The van der Waals surface area contributed by atoms with Crippen LogP contribution in [0.4, 0.5) is 0 Å². The van der Waals surface area contributed by atoms with E-state index in [4.69, 9.17) is 0 Å². The van der Waals surface area contributed by atoms with E-state index in [1.165, 1.54) is 12.8 Å². The van der Waals surface area contributed by atoms with Crippen molar-refractivity contribution in [2.75, 3.05) is 0 Å². The van der Waals surface area contributed by atoms with Crippen LogP contribution < -0.4 is 0 Å². The lowest BCUT2D eigenvalue weighted by atomic mass is 9.67. The fraction of sp³-hybridized carbons (Fsp3) is 0.400. The molecule has 0 N–H and O–H groups in total. The van der Waals surface area contributed by atoms with Crippen LogP contribution in [0.15, 0.2) is 34.3 Å². The van der Waals surface area contributed by atoms with E-state index in [0.29, 0.717) is 17.6 Å². The fourth-order valence-electron chi connectivity index (χ4n) is 3.03. The van der Waals surface area contributed by atoms with Crippen LogP contribution in [0.1, 0.15) is 31.2 Å². The molecule has 0 heterocycles. The number of carbonyl (C=O) groups excluding carboxylic acids is 1. The van der Waals surface area contributed by atoms with Crippen molar-refractivity contribution in [3.8, 4) is 0 Å². The Balaban J connectivity index is 1.93. The molecule has 1 aromatic carbocycles. The molecule has 0 aromatic heterocycles. The second kappa shape index (κ2) is 4.41. The van der Waals surface area contributed by atoms with Crippen LogP contribution in [0.2, 0.25) is 0 Å². The minimum atomic E-state index is 0.321. The quantitative estimate of drug-likeness (QED) is 0.708. The summed E-state index contributed by atoms with van der Waals surface area (Å²) < 4.78 is 1.08. The van der Waals surface area contributed by atoms with Crippen molar-refractivity contribution in [1.82, 2.24) is 0 Å². The molecule has 88 valence electrons. The molecule has 1 aromatic rings. The van der Waals surface area contributed by atoms with Gasteiger partial charge in [-0.3, -0.25) is 4.79 Å². The summed E-state index contributed by atoms with van der Waals surface area (Å²) >= 11 is 3.43. The van der Waals surface area contributed by atoms with E-state index in [9.17, 15) is 4.79 Å². The van der Waals surface area contributed by atoms with Gasteiger partial charge < -0.3 is 0 Å². The molecular formula is C15H15BrO. The Morgan fingerprint density at radius 2 is 1.59 bits per heavy atom. The number of carbonyl (C=O) groups is 1. The van der Waals surface area contributed by atoms with E-state index >= 15 is 0 Å². The van der Waals surface area contributed by atoms with E-state index in [1.807, 2.05) is 12.1 Å². The van der Waals surface area contributed by atoms with Gasteiger partial charge >= 0.3 is 0 Å². The third kappa shape index (κ3) is 2.11. The molecule has 3 fully saturated rings. The first-order valence-electron chi connectivity index (χ1n) is 6.25. The number of allylic oxidation sites excluding steroid dienone is 1. The lowest BCUT2D eigenvalue weighted by molar-refractivity contribution is -0.123. The maximum atomic E-state index is 12.2.